The highest BCUT2D eigenvalue weighted by Crippen LogP contribution is 2.32. The molecule has 0 unspecified atom stereocenters. The van der Waals surface area contributed by atoms with Crippen LogP contribution in [0.1, 0.15) is 17.9 Å². The Balaban J connectivity index is 1.28. The first-order valence-electron chi connectivity index (χ1n) is 8.83. The molecule has 1 amide bonds. The van der Waals surface area contributed by atoms with Gasteiger partial charge in [0, 0.05) is 12.0 Å². The van der Waals surface area contributed by atoms with Crippen LogP contribution in [0.5, 0.6) is 17.2 Å². The summed E-state index contributed by atoms with van der Waals surface area (Å²) in [4.78, 5) is 12.1. The van der Waals surface area contributed by atoms with Gasteiger partial charge in [-0.1, -0.05) is 12.1 Å². The van der Waals surface area contributed by atoms with Crippen LogP contribution in [0.25, 0.3) is 11.5 Å². The van der Waals surface area contributed by atoms with Gasteiger partial charge in [-0.3, -0.25) is 4.79 Å². The second-order valence-electron chi connectivity index (χ2n) is 6.20. The van der Waals surface area contributed by atoms with Crippen molar-refractivity contribution in [2.75, 3.05) is 13.9 Å². The van der Waals surface area contributed by atoms with Crippen LogP contribution < -0.4 is 19.5 Å². The Morgan fingerprint density at radius 2 is 2.04 bits per heavy atom. The summed E-state index contributed by atoms with van der Waals surface area (Å²) >= 11 is 0. The van der Waals surface area contributed by atoms with Gasteiger partial charge in [-0.15, -0.1) is 10.2 Å². The van der Waals surface area contributed by atoms with Gasteiger partial charge in [0.2, 0.25) is 24.5 Å². The van der Waals surface area contributed by atoms with Crippen molar-refractivity contribution in [1.82, 2.24) is 15.5 Å². The fourth-order valence-corrected chi connectivity index (χ4v) is 2.81. The molecule has 1 aliphatic rings. The molecule has 0 bridgehead atoms. The molecule has 2 aromatic carbocycles. The topological polar surface area (TPSA) is 95.7 Å². The van der Waals surface area contributed by atoms with Gasteiger partial charge in [0.15, 0.2) is 11.5 Å². The van der Waals surface area contributed by atoms with Gasteiger partial charge < -0.3 is 23.9 Å². The van der Waals surface area contributed by atoms with E-state index < -0.39 is 0 Å². The normalized spacial score (nSPS) is 12.0. The van der Waals surface area contributed by atoms with Crippen molar-refractivity contribution in [2.24, 2.45) is 0 Å². The largest absolute Gasteiger partial charge is 0.497 e. The Labute approximate surface area is 161 Å². The first-order chi connectivity index (χ1) is 13.7. The Bertz CT molecular complexity index is 985. The molecule has 0 saturated heterocycles. The number of hydrogen-bond donors (Lipinski definition) is 1. The number of aromatic nitrogens is 2. The highest BCUT2D eigenvalue weighted by atomic mass is 16.7. The molecule has 4 rings (SSSR count). The number of carbonyl (C=O) groups excluding carboxylic acids is 1. The number of aryl methyl sites for hydroxylation is 1. The van der Waals surface area contributed by atoms with Gasteiger partial charge >= 0.3 is 0 Å². The Kier molecular flexibility index (Phi) is 5.09. The van der Waals surface area contributed by atoms with Crippen LogP contribution in [-0.2, 0) is 17.8 Å². The molecule has 28 heavy (non-hydrogen) atoms. The summed E-state index contributed by atoms with van der Waals surface area (Å²) in [7, 11) is 1.59. The van der Waals surface area contributed by atoms with Crippen molar-refractivity contribution in [3.8, 4) is 28.7 Å². The third-order valence-electron chi connectivity index (χ3n) is 4.30. The number of carbonyl (C=O) groups is 1. The lowest BCUT2D eigenvalue weighted by Crippen LogP contribution is -2.23. The smallest absolute Gasteiger partial charge is 0.247 e. The Morgan fingerprint density at radius 1 is 1.14 bits per heavy atom. The number of amides is 1. The van der Waals surface area contributed by atoms with Crippen molar-refractivity contribution >= 4 is 5.91 Å². The van der Waals surface area contributed by atoms with E-state index in [0.29, 0.717) is 36.1 Å². The van der Waals surface area contributed by atoms with Crippen LogP contribution >= 0.6 is 0 Å². The molecule has 1 aromatic heterocycles. The third-order valence-corrected chi connectivity index (χ3v) is 4.30. The summed E-state index contributed by atoms with van der Waals surface area (Å²) in [6.45, 7) is 0.415. The number of ether oxygens (including phenoxy) is 3. The molecule has 8 nitrogen and oxygen atoms in total. The number of benzene rings is 2. The van der Waals surface area contributed by atoms with Crippen molar-refractivity contribution in [3.05, 3.63) is 53.9 Å². The van der Waals surface area contributed by atoms with Crippen molar-refractivity contribution in [2.45, 2.75) is 19.4 Å². The van der Waals surface area contributed by atoms with Gasteiger partial charge in [0.05, 0.1) is 13.7 Å². The van der Waals surface area contributed by atoms with Crippen LogP contribution in [0.2, 0.25) is 0 Å². The van der Waals surface area contributed by atoms with Crippen LogP contribution in [0.4, 0.5) is 0 Å². The predicted octanol–water partition coefficient (Wildman–Crippen LogP) is 2.72. The van der Waals surface area contributed by atoms with Gasteiger partial charge in [-0.25, -0.2) is 0 Å². The SMILES string of the molecule is COc1cccc(-c2nnc(CNC(=O)CCc3ccc4c(c3)OCO4)o2)c1. The maximum Gasteiger partial charge on any atom is 0.247 e. The van der Waals surface area contributed by atoms with Crippen LogP contribution in [0, 0.1) is 0 Å². The summed E-state index contributed by atoms with van der Waals surface area (Å²) in [5, 5.41) is 10.8. The first-order valence-corrected chi connectivity index (χ1v) is 8.83. The molecular formula is C20H19N3O5. The standard InChI is InChI=1S/C20H19N3O5/c1-25-15-4-2-3-14(10-15)20-23-22-19(28-20)11-21-18(24)8-6-13-5-7-16-17(9-13)27-12-26-16/h2-5,7,9-10H,6,8,11-12H2,1H3,(H,21,24). The molecule has 1 aliphatic heterocycles. The molecule has 8 heteroatoms. The molecule has 1 N–H and O–H groups in total. The lowest BCUT2D eigenvalue weighted by Gasteiger charge is -2.04. The highest BCUT2D eigenvalue weighted by Gasteiger charge is 2.14. The lowest BCUT2D eigenvalue weighted by molar-refractivity contribution is -0.121. The average Bonchev–Trinajstić information content (AvgIpc) is 3.39. The number of nitrogens with zero attached hydrogens (tertiary/aromatic N) is 2. The van der Waals surface area contributed by atoms with E-state index in [1.165, 1.54) is 0 Å². The second kappa shape index (κ2) is 7.99. The molecule has 0 aliphatic carbocycles. The fraction of sp³-hybridized carbons (Fsp3) is 0.250. The van der Waals surface area contributed by atoms with Crippen molar-refractivity contribution in [3.63, 3.8) is 0 Å². The molecule has 2 heterocycles. The monoisotopic (exact) mass is 381 g/mol. The number of hydrogen-bond acceptors (Lipinski definition) is 7. The van der Waals surface area contributed by atoms with Gasteiger partial charge in [0.1, 0.15) is 5.75 Å². The predicted molar refractivity (Wildman–Crippen MR) is 99.0 cm³/mol. The maximum atomic E-state index is 12.1. The summed E-state index contributed by atoms with van der Waals surface area (Å²) in [6, 6.07) is 13.0. The van der Waals surface area contributed by atoms with Crippen molar-refractivity contribution < 1.29 is 23.4 Å². The molecule has 0 saturated carbocycles. The summed E-state index contributed by atoms with van der Waals surface area (Å²) in [5.74, 6) is 2.77. The van der Waals surface area contributed by atoms with Gasteiger partial charge in [-0.2, -0.15) is 0 Å². The van der Waals surface area contributed by atoms with E-state index >= 15 is 0 Å². The van der Waals surface area contributed by atoms with Gasteiger partial charge in [0.25, 0.3) is 0 Å². The lowest BCUT2D eigenvalue weighted by atomic mass is 10.1. The van der Waals surface area contributed by atoms with Crippen LogP contribution in [0.3, 0.4) is 0 Å². The van der Waals surface area contributed by atoms with E-state index in [2.05, 4.69) is 15.5 Å². The number of methoxy groups -OCH3 is 1. The van der Waals surface area contributed by atoms with E-state index in [4.69, 9.17) is 18.6 Å². The molecule has 0 fully saturated rings. The number of rotatable bonds is 7. The van der Waals surface area contributed by atoms with E-state index in [9.17, 15) is 4.79 Å². The first kappa shape index (κ1) is 17.8. The van der Waals surface area contributed by atoms with Crippen LogP contribution in [0.15, 0.2) is 46.9 Å². The van der Waals surface area contributed by atoms with Crippen LogP contribution in [-0.4, -0.2) is 30.0 Å². The van der Waals surface area contributed by atoms with Crippen molar-refractivity contribution in [1.29, 1.82) is 0 Å². The molecule has 0 radical (unpaired) electrons. The second-order valence-corrected chi connectivity index (χ2v) is 6.20. The minimum absolute atomic E-state index is 0.0983. The molecule has 144 valence electrons. The zero-order valence-corrected chi connectivity index (χ0v) is 15.3. The molecule has 0 spiro atoms. The van der Waals surface area contributed by atoms with E-state index in [0.717, 1.165) is 16.9 Å². The maximum absolute atomic E-state index is 12.1. The van der Waals surface area contributed by atoms with E-state index in [-0.39, 0.29) is 19.2 Å². The Morgan fingerprint density at radius 3 is 2.93 bits per heavy atom. The Hall–Kier alpha value is -3.55. The van der Waals surface area contributed by atoms with E-state index in [1.54, 1.807) is 13.2 Å². The average molecular weight is 381 g/mol. The number of fused-ring (bicyclic) bond motifs is 1. The summed E-state index contributed by atoms with van der Waals surface area (Å²) in [6.07, 6.45) is 0.942. The number of nitrogens with one attached hydrogen (secondary N) is 1. The van der Waals surface area contributed by atoms with E-state index in [1.807, 2.05) is 36.4 Å². The fourth-order valence-electron chi connectivity index (χ4n) is 2.81. The summed E-state index contributed by atoms with van der Waals surface area (Å²) in [5.41, 5.74) is 1.77. The zero-order valence-electron chi connectivity index (χ0n) is 15.3. The molecule has 0 atom stereocenters. The molecule has 3 aromatic rings. The molecular weight excluding hydrogens is 362 g/mol. The highest BCUT2D eigenvalue weighted by molar-refractivity contribution is 5.76. The zero-order chi connectivity index (χ0) is 19.3. The van der Waals surface area contributed by atoms with Gasteiger partial charge in [-0.05, 0) is 42.3 Å². The quantitative estimate of drug-likeness (QED) is 0.672. The third kappa shape index (κ3) is 4.06. The minimum Gasteiger partial charge on any atom is -0.497 e. The summed E-state index contributed by atoms with van der Waals surface area (Å²) < 4.78 is 21.4. The minimum atomic E-state index is -0.0983.